The van der Waals surface area contributed by atoms with Gasteiger partial charge in [-0.15, -0.1) is 0 Å². The van der Waals surface area contributed by atoms with E-state index in [4.69, 9.17) is 5.73 Å². The highest BCUT2D eigenvalue weighted by atomic mass is 32.2. The van der Waals surface area contributed by atoms with Crippen LogP contribution in [0.2, 0.25) is 0 Å². The number of aryl methyl sites for hydroxylation is 1. The minimum Gasteiger partial charge on any atom is -0.324 e. The highest BCUT2D eigenvalue weighted by Gasteiger charge is 2.16. The van der Waals surface area contributed by atoms with Gasteiger partial charge in [0.1, 0.15) is 9.84 Å². The molecule has 1 rings (SSSR count). The zero-order valence-electron chi connectivity index (χ0n) is 10.5. The van der Waals surface area contributed by atoms with E-state index >= 15 is 0 Å². The molecule has 100 valence electrons. The molecule has 0 aromatic heterocycles. The molecule has 18 heavy (non-hydrogen) atoms. The minimum absolute atomic E-state index is 0.0879. The Bertz CT molecular complexity index is 526. The van der Waals surface area contributed by atoms with Crippen LogP contribution in [-0.2, 0) is 14.6 Å². The van der Waals surface area contributed by atoms with Crippen LogP contribution in [0.3, 0.4) is 0 Å². The third-order valence-corrected chi connectivity index (χ3v) is 3.52. The van der Waals surface area contributed by atoms with Gasteiger partial charge in [0, 0.05) is 11.9 Å². The molecule has 1 aromatic carbocycles. The molecule has 0 fully saturated rings. The fourth-order valence-electron chi connectivity index (χ4n) is 1.41. The first-order chi connectivity index (χ1) is 8.29. The van der Waals surface area contributed by atoms with Crippen molar-refractivity contribution in [2.24, 2.45) is 5.73 Å². The van der Waals surface area contributed by atoms with E-state index in [0.717, 1.165) is 11.8 Å². The molecule has 0 bridgehead atoms. The van der Waals surface area contributed by atoms with Crippen LogP contribution >= 0.6 is 0 Å². The van der Waals surface area contributed by atoms with E-state index in [2.05, 4.69) is 5.32 Å². The van der Waals surface area contributed by atoms with E-state index in [1.807, 2.05) is 25.1 Å². The van der Waals surface area contributed by atoms with Gasteiger partial charge in [-0.1, -0.05) is 18.2 Å². The molecule has 1 atom stereocenters. The first kappa shape index (κ1) is 14.7. The zero-order valence-corrected chi connectivity index (χ0v) is 11.3. The Balaban J connectivity index is 2.58. The van der Waals surface area contributed by atoms with Crippen molar-refractivity contribution in [3.05, 3.63) is 29.8 Å². The van der Waals surface area contributed by atoms with Crippen molar-refractivity contribution in [1.82, 2.24) is 0 Å². The molecule has 0 spiro atoms. The standard InChI is InChI=1S/C12H18N2O3S/c1-9-5-3-4-6-11(9)14-12(15)10(13)7-8-18(2,16)17/h3-6,10H,7-8,13H2,1-2H3,(H,14,15). The number of carbonyl (C=O) groups excluding carboxylic acids is 1. The number of hydrogen-bond donors (Lipinski definition) is 2. The van der Waals surface area contributed by atoms with Gasteiger partial charge in [0.2, 0.25) is 5.91 Å². The Labute approximate surface area is 107 Å². The van der Waals surface area contributed by atoms with Crippen molar-refractivity contribution < 1.29 is 13.2 Å². The Hall–Kier alpha value is -1.40. The molecular formula is C12H18N2O3S. The Kier molecular flexibility index (Phi) is 4.86. The van der Waals surface area contributed by atoms with Crippen LogP contribution < -0.4 is 11.1 Å². The number of anilines is 1. The number of nitrogens with two attached hydrogens (primary N) is 1. The van der Waals surface area contributed by atoms with E-state index in [-0.39, 0.29) is 18.1 Å². The normalized spacial score (nSPS) is 13.1. The van der Waals surface area contributed by atoms with Gasteiger partial charge in [-0.05, 0) is 25.0 Å². The topological polar surface area (TPSA) is 89.3 Å². The van der Waals surface area contributed by atoms with Crippen molar-refractivity contribution in [2.45, 2.75) is 19.4 Å². The van der Waals surface area contributed by atoms with E-state index in [0.29, 0.717) is 5.69 Å². The fourth-order valence-corrected chi connectivity index (χ4v) is 2.09. The highest BCUT2D eigenvalue weighted by molar-refractivity contribution is 7.90. The SMILES string of the molecule is Cc1ccccc1NC(=O)C(N)CCS(C)(=O)=O. The van der Waals surface area contributed by atoms with E-state index < -0.39 is 15.9 Å². The summed E-state index contributed by atoms with van der Waals surface area (Å²) in [6.07, 6.45) is 1.25. The van der Waals surface area contributed by atoms with Crippen LogP contribution in [0, 0.1) is 6.92 Å². The summed E-state index contributed by atoms with van der Waals surface area (Å²) >= 11 is 0. The maximum atomic E-state index is 11.8. The van der Waals surface area contributed by atoms with Crippen molar-refractivity contribution in [1.29, 1.82) is 0 Å². The molecule has 1 aromatic rings. The van der Waals surface area contributed by atoms with Gasteiger partial charge in [-0.25, -0.2) is 8.42 Å². The van der Waals surface area contributed by atoms with E-state index in [9.17, 15) is 13.2 Å². The fraction of sp³-hybridized carbons (Fsp3) is 0.417. The number of hydrogen-bond acceptors (Lipinski definition) is 4. The Morgan fingerprint density at radius 3 is 2.56 bits per heavy atom. The summed E-state index contributed by atoms with van der Waals surface area (Å²) in [7, 11) is -3.09. The summed E-state index contributed by atoms with van der Waals surface area (Å²) in [5.74, 6) is -0.456. The summed E-state index contributed by atoms with van der Waals surface area (Å²) < 4.78 is 22.0. The lowest BCUT2D eigenvalue weighted by Gasteiger charge is -2.13. The molecule has 0 heterocycles. The molecule has 1 amide bonds. The molecule has 6 heteroatoms. The molecule has 0 aliphatic carbocycles. The van der Waals surface area contributed by atoms with E-state index in [1.54, 1.807) is 6.07 Å². The first-order valence-electron chi connectivity index (χ1n) is 5.59. The summed E-state index contributed by atoms with van der Waals surface area (Å²) in [6, 6.07) is 6.51. The quantitative estimate of drug-likeness (QED) is 0.824. The molecule has 0 aliphatic heterocycles. The van der Waals surface area contributed by atoms with Crippen LogP contribution in [0.15, 0.2) is 24.3 Å². The van der Waals surface area contributed by atoms with Crippen LogP contribution in [-0.4, -0.2) is 32.4 Å². The van der Waals surface area contributed by atoms with Gasteiger partial charge in [-0.3, -0.25) is 4.79 Å². The average molecular weight is 270 g/mol. The lowest BCUT2D eigenvalue weighted by atomic mass is 10.1. The molecule has 0 saturated carbocycles. The molecule has 0 radical (unpaired) electrons. The monoisotopic (exact) mass is 270 g/mol. The average Bonchev–Trinajstić information content (AvgIpc) is 2.28. The molecular weight excluding hydrogens is 252 g/mol. The van der Waals surface area contributed by atoms with Crippen LogP contribution in [0.1, 0.15) is 12.0 Å². The maximum Gasteiger partial charge on any atom is 0.241 e. The Morgan fingerprint density at radius 1 is 1.39 bits per heavy atom. The van der Waals surface area contributed by atoms with Crippen LogP contribution in [0.4, 0.5) is 5.69 Å². The van der Waals surface area contributed by atoms with Crippen molar-refractivity contribution in [3.63, 3.8) is 0 Å². The largest absolute Gasteiger partial charge is 0.324 e. The molecule has 5 nitrogen and oxygen atoms in total. The van der Waals surface area contributed by atoms with Crippen LogP contribution in [0.5, 0.6) is 0 Å². The predicted octanol–water partition coefficient (Wildman–Crippen LogP) is 0.696. The van der Waals surface area contributed by atoms with Crippen molar-refractivity contribution in [2.75, 3.05) is 17.3 Å². The number of benzene rings is 1. The summed E-state index contributed by atoms with van der Waals surface area (Å²) in [4.78, 5) is 11.8. The number of nitrogens with one attached hydrogen (secondary N) is 1. The third kappa shape index (κ3) is 4.85. The molecule has 0 saturated heterocycles. The number of amides is 1. The van der Waals surface area contributed by atoms with Crippen molar-refractivity contribution in [3.8, 4) is 0 Å². The molecule has 0 aliphatic rings. The smallest absolute Gasteiger partial charge is 0.241 e. The van der Waals surface area contributed by atoms with Gasteiger partial charge in [0.15, 0.2) is 0 Å². The van der Waals surface area contributed by atoms with Crippen molar-refractivity contribution >= 4 is 21.4 Å². The van der Waals surface area contributed by atoms with Gasteiger partial charge in [0.05, 0.1) is 11.8 Å². The summed E-state index contributed by atoms with van der Waals surface area (Å²) in [5.41, 5.74) is 7.27. The maximum absolute atomic E-state index is 11.8. The van der Waals surface area contributed by atoms with Gasteiger partial charge in [0.25, 0.3) is 0 Å². The number of para-hydroxylation sites is 1. The first-order valence-corrected chi connectivity index (χ1v) is 7.65. The van der Waals surface area contributed by atoms with Gasteiger partial charge in [-0.2, -0.15) is 0 Å². The molecule has 1 unspecified atom stereocenters. The lowest BCUT2D eigenvalue weighted by molar-refractivity contribution is -0.117. The van der Waals surface area contributed by atoms with Gasteiger partial charge < -0.3 is 11.1 Å². The number of carbonyl (C=O) groups is 1. The minimum atomic E-state index is -3.09. The summed E-state index contributed by atoms with van der Waals surface area (Å²) in [6.45, 7) is 1.87. The Morgan fingerprint density at radius 2 is 2.00 bits per heavy atom. The van der Waals surface area contributed by atoms with E-state index in [1.165, 1.54) is 0 Å². The second-order valence-electron chi connectivity index (χ2n) is 4.33. The highest BCUT2D eigenvalue weighted by Crippen LogP contribution is 2.13. The second kappa shape index (κ2) is 5.97. The number of rotatable bonds is 5. The second-order valence-corrected chi connectivity index (χ2v) is 6.59. The van der Waals surface area contributed by atoms with Gasteiger partial charge >= 0.3 is 0 Å². The lowest BCUT2D eigenvalue weighted by Crippen LogP contribution is -2.37. The molecule has 3 N–H and O–H groups in total. The number of sulfone groups is 1. The summed E-state index contributed by atoms with van der Waals surface area (Å²) in [5, 5.41) is 2.69. The third-order valence-electron chi connectivity index (χ3n) is 2.54. The van der Waals surface area contributed by atoms with Crippen LogP contribution in [0.25, 0.3) is 0 Å². The predicted molar refractivity (Wildman–Crippen MR) is 72.1 cm³/mol. The zero-order chi connectivity index (χ0) is 13.8.